The number of carbonyl (C=O) groups excluding carboxylic acids is 3. The summed E-state index contributed by atoms with van der Waals surface area (Å²) >= 11 is 10.6. The SMILES string of the molecule is C.CC(=O)CCl.CC(C)(C)c1noc(C(=O)NCc2ccc(-c3ccnc4nc(-c5cccc(NC(=O)CCl)c5)[nH]c34)cc2F)n1. The van der Waals surface area contributed by atoms with Crippen LogP contribution in [0.25, 0.3) is 33.7 Å². The van der Waals surface area contributed by atoms with Crippen LogP contribution in [0.5, 0.6) is 0 Å². The Morgan fingerprint density at radius 2 is 1.74 bits per heavy atom. The molecule has 5 rings (SSSR count). The zero-order valence-electron chi connectivity index (χ0n) is 24.9. The summed E-state index contributed by atoms with van der Waals surface area (Å²) in [5, 5.41) is 9.16. The first-order valence-electron chi connectivity index (χ1n) is 13.7. The number of pyridine rings is 1. The van der Waals surface area contributed by atoms with Crippen molar-refractivity contribution in [1.82, 2.24) is 30.4 Å². The van der Waals surface area contributed by atoms with Crippen LogP contribution in [0.3, 0.4) is 0 Å². The monoisotopic (exact) mass is 669 g/mol. The number of carbonyl (C=O) groups is 3. The quantitative estimate of drug-likeness (QED) is 0.155. The molecule has 3 N–H and O–H groups in total. The standard InChI is InChI=1S/C28H25ClFN7O3.C3H5ClO.CH4/c1-28(2,3)27-36-26(40-37-27)25(39)32-14-17-8-7-15(12-20(17)30)19-9-10-31-24-22(19)34-23(35-24)16-5-4-6-18(11-16)33-21(38)13-29;1-3(5)2-4;/h4-12H,13-14H2,1-3H3,(H,32,39)(H,33,38)(H,31,34,35);2H2,1H3;1H4. The topological polar surface area (TPSA) is 156 Å². The van der Waals surface area contributed by atoms with Crippen molar-refractivity contribution < 1.29 is 23.3 Å². The van der Waals surface area contributed by atoms with Gasteiger partial charge in [0.15, 0.2) is 11.5 Å². The van der Waals surface area contributed by atoms with Crippen LogP contribution in [0.4, 0.5) is 10.1 Å². The van der Waals surface area contributed by atoms with Gasteiger partial charge in [0.1, 0.15) is 23.3 Å². The number of fused-ring (bicyclic) bond motifs is 1. The first-order chi connectivity index (χ1) is 21.4. The van der Waals surface area contributed by atoms with Gasteiger partial charge in [0.2, 0.25) is 5.91 Å². The van der Waals surface area contributed by atoms with Gasteiger partial charge in [0, 0.05) is 40.5 Å². The second-order valence-corrected chi connectivity index (χ2v) is 11.4. The molecule has 0 radical (unpaired) electrons. The molecule has 0 spiro atoms. The number of nitrogens with zero attached hydrogens (tertiary/aromatic N) is 4. The highest BCUT2D eigenvalue weighted by molar-refractivity contribution is 6.29. The Morgan fingerprint density at radius 1 is 1.00 bits per heavy atom. The van der Waals surface area contributed by atoms with Crippen LogP contribution in [0.1, 0.15) is 57.2 Å². The van der Waals surface area contributed by atoms with Crippen molar-refractivity contribution >= 4 is 57.7 Å². The zero-order chi connectivity index (χ0) is 32.7. The molecule has 14 heteroatoms. The summed E-state index contributed by atoms with van der Waals surface area (Å²) in [5.41, 5.74) is 3.60. The van der Waals surface area contributed by atoms with E-state index < -0.39 is 11.7 Å². The van der Waals surface area contributed by atoms with Gasteiger partial charge in [-0.15, -0.1) is 23.2 Å². The third kappa shape index (κ3) is 8.95. The number of ketones is 1. The van der Waals surface area contributed by atoms with Gasteiger partial charge >= 0.3 is 11.8 Å². The molecule has 2 aromatic carbocycles. The number of rotatable bonds is 8. The molecule has 11 nitrogen and oxygen atoms in total. The Kier molecular flexibility index (Phi) is 12.1. The van der Waals surface area contributed by atoms with Crippen LogP contribution < -0.4 is 10.6 Å². The molecular formula is C32H34Cl2FN7O4. The molecule has 0 unspecified atom stereocenters. The van der Waals surface area contributed by atoms with Crippen molar-refractivity contribution in [3.63, 3.8) is 0 Å². The number of benzene rings is 2. The van der Waals surface area contributed by atoms with Crippen molar-refractivity contribution in [2.24, 2.45) is 0 Å². The third-order valence-corrected chi connectivity index (χ3v) is 6.84. The number of Topliss-reactive ketones (excluding diaryl/α,β-unsaturated/α-hetero) is 1. The largest absolute Gasteiger partial charge is 0.344 e. The predicted octanol–water partition coefficient (Wildman–Crippen LogP) is 6.67. The number of aromatic amines is 1. The van der Waals surface area contributed by atoms with Crippen LogP contribution in [0.2, 0.25) is 0 Å². The van der Waals surface area contributed by atoms with Gasteiger partial charge in [-0.25, -0.2) is 14.4 Å². The lowest BCUT2D eigenvalue weighted by atomic mass is 9.96. The van der Waals surface area contributed by atoms with Gasteiger partial charge in [-0.05, 0) is 36.8 Å². The summed E-state index contributed by atoms with van der Waals surface area (Å²) in [7, 11) is 0. The van der Waals surface area contributed by atoms with E-state index in [1.165, 1.54) is 13.0 Å². The van der Waals surface area contributed by atoms with Gasteiger partial charge in [0.05, 0.1) is 11.4 Å². The number of halogens is 3. The van der Waals surface area contributed by atoms with E-state index in [0.29, 0.717) is 45.2 Å². The van der Waals surface area contributed by atoms with E-state index in [4.69, 9.17) is 27.7 Å². The van der Waals surface area contributed by atoms with Gasteiger partial charge < -0.3 is 20.1 Å². The van der Waals surface area contributed by atoms with E-state index in [2.05, 4.69) is 35.7 Å². The van der Waals surface area contributed by atoms with Crippen molar-refractivity contribution in [3.8, 4) is 22.5 Å². The van der Waals surface area contributed by atoms with E-state index in [0.717, 1.165) is 5.56 Å². The van der Waals surface area contributed by atoms with Crippen LogP contribution in [0, 0.1) is 5.82 Å². The maximum atomic E-state index is 15.1. The Labute approximate surface area is 275 Å². The number of alkyl halides is 2. The van der Waals surface area contributed by atoms with Crippen LogP contribution in [-0.4, -0.2) is 54.5 Å². The maximum absolute atomic E-state index is 15.1. The van der Waals surface area contributed by atoms with Gasteiger partial charge in [-0.3, -0.25) is 14.4 Å². The molecule has 0 aliphatic heterocycles. The fraction of sp³-hybridized carbons (Fsp3) is 0.281. The van der Waals surface area contributed by atoms with E-state index in [-0.39, 0.29) is 48.7 Å². The maximum Gasteiger partial charge on any atom is 0.315 e. The van der Waals surface area contributed by atoms with Gasteiger partial charge in [0.25, 0.3) is 0 Å². The van der Waals surface area contributed by atoms with E-state index in [9.17, 15) is 14.4 Å². The van der Waals surface area contributed by atoms with Crippen molar-refractivity contribution in [3.05, 3.63) is 77.8 Å². The molecule has 0 bridgehead atoms. The summed E-state index contributed by atoms with van der Waals surface area (Å²) in [5.74, 6) is -0.626. The zero-order valence-corrected chi connectivity index (χ0v) is 26.4. The molecule has 3 heterocycles. The Morgan fingerprint density at radius 3 is 2.37 bits per heavy atom. The number of H-pyrrole nitrogens is 1. The van der Waals surface area contributed by atoms with Crippen LogP contribution in [0.15, 0.2) is 59.3 Å². The third-order valence-electron chi connectivity index (χ3n) is 6.22. The molecule has 46 heavy (non-hydrogen) atoms. The highest BCUT2D eigenvalue weighted by Gasteiger charge is 2.24. The fourth-order valence-corrected chi connectivity index (χ4v) is 4.02. The Bertz CT molecular complexity index is 1850. The number of nitrogens with one attached hydrogen (secondary N) is 3. The Balaban J connectivity index is 0.000000892. The lowest BCUT2D eigenvalue weighted by Crippen LogP contribution is -2.24. The number of aromatic nitrogens is 5. The molecule has 0 aliphatic carbocycles. The number of hydrogen-bond acceptors (Lipinski definition) is 8. The second kappa shape index (κ2) is 15.5. The van der Waals surface area contributed by atoms with Gasteiger partial charge in [-0.2, -0.15) is 4.98 Å². The molecule has 5 aromatic rings. The lowest BCUT2D eigenvalue weighted by Gasteiger charge is -2.10. The number of amides is 2. The summed E-state index contributed by atoms with van der Waals surface area (Å²) < 4.78 is 20.2. The number of anilines is 1. The van der Waals surface area contributed by atoms with E-state index >= 15 is 4.39 Å². The molecule has 3 aromatic heterocycles. The van der Waals surface area contributed by atoms with E-state index in [1.54, 1.807) is 42.6 Å². The highest BCUT2D eigenvalue weighted by Crippen LogP contribution is 2.30. The molecule has 0 saturated carbocycles. The number of imidazole rings is 1. The lowest BCUT2D eigenvalue weighted by molar-refractivity contribution is -0.115. The summed E-state index contributed by atoms with van der Waals surface area (Å²) in [6.07, 6.45) is 1.60. The average Bonchev–Trinajstić information content (AvgIpc) is 3.69. The van der Waals surface area contributed by atoms with Crippen LogP contribution in [-0.2, 0) is 21.5 Å². The minimum absolute atomic E-state index is 0. The predicted molar refractivity (Wildman–Crippen MR) is 176 cm³/mol. The van der Waals surface area contributed by atoms with Crippen molar-refractivity contribution in [1.29, 1.82) is 0 Å². The molecule has 2 amide bonds. The summed E-state index contributed by atoms with van der Waals surface area (Å²) in [6, 6.07) is 13.7. The number of hydrogen-bond donors (Lipinski definition) is 3. The average molecular weight is 671 g/mol. The first kappa shape index (κ1) is 35.8. The Hall–Kier alpha value is -4.68. The van der Waals surface area contributed by atoms with E-state index in [1.807, 2.05) is 26.8 Å². The summed E-state index contributed by atoms with van der Waals surface area (Å²) in [6.45, 7) is 7.10. The minimum Gasteiger partial charge on any atom is -0.344 e. The molecule has 0 saturated heterocycles. The first-order valence-corrected chi connectivity index (χ1v) is 14.7. The molecule has 0 atom stereocenters. The molecule has 0 fully saturated rings. The molecule has 242 valence electrons. The normalized spacial score (nSPS) is 10.8. The highest BCUT2D eigenvalue weighted by atomic mass is 35.5. The fourth-order valence-electron chi connectivity index (χ4n) is 3.96. The van der Waals surface area contributed by atoms with Gasteiger partial charge in [-0.1, -0.05) is 57.6 Å². The van der Waals surface area contributed by atoms with Crippen LogP contribution >= 0.6 is 23.2 Å². The summed E-state index contributed by atoms with van der Waals surface area (Å²) in [4.78, 5) is 50.1. The van der Waals surface area contributed by atoms with Crippen molar-refractivity contribution in [2.45, 2.75) is 47.1 Å². The molecular weight excluding hydrogens is 636 g/mol. The molecule has 0 aliphatic rings. The minimum atomic E-state index is -0.585. The smallest absolute Gasteiger partial charge is 0.315 e. The second-order valence-electron chi connectivity index (χ2n) is 10.9. The van der Waals surface area contributed by atoms with Crippen molar-refractivity contribution in [2.75, 3.05) is 17.1 Å².